The number of aliphatic hydroxyl groups is 1. The summed E-state index contributed by atoms with van der Waals surface area (Å²) in [5.41, 5.74) is 0. The summed E-state index contributed by atoms with van der Waals surface area (Å²) in [4.78, 5) is 11.8. The Morgan fingerprint density at radius 2 is 1.62 bits per heavy atom. The van der Waals surface area contributed by atoms with Crippen LogP contribution < -0.4 is 5.32 Å². The van der Waals surface area contributed by atoms with Crippen LogP contribution in [-0.2, 0) is 18.1 Å². The number of aliphatic hydroxyl groups excluding tert-OH is 1. The second-order valence-electron chi connectivity index (χ2n) is 6.14. The van der Waals surface area contributed by atoms with Crippen LogP contribution in [0.1, 0.15) is 64.7 Å². The predicted octanol–water partition coefficient (Wildman–Crippen LogP) is 2.87. The van der Waals surface area contributed by atoms with Crippen molar-refractivity contribution in [3.05, 3.63) is 0 Å². The van der Waals surface area contributed by atoms with E-state index in [1.54, 1.807) is 21.3 Å². The van der Waals surface area contributed by atoms with Crippen LogP contribution in [-0.4, -0.2) is 53.8 Å². The van der Waals surface area contributed by atoms with Crippen molar-refractivity contribution in [3.63, 3.8) is 0 Å². The fourth-order valence-electron chi connectivity index (χ4n) is 2.60. The molecule has 0 rings (SSSR count). The minimum atomic E-state index is -2.54. The molecule has 0 heterocycles. The van der Waals surface area contributed by atoms with Crippen molar-refractivity contribution in [2.45, 2.75) is 76.9 Å². The molecule has 0 aromatic carbocycles. The van der Waals surface area contributed by atoms with E-state index in [1.165, 1.54) is 25.7 Å². The van der Waals surface area contributed by atoms with Gasteiger partial charge < -0.3 is 23.7 Å². The minimum Gasteiger partial charge on any atom is -0.393 e. The molecule has 0 aliphatic heterocycles. The maximum atomic E-state index is 11.8. The molecule has 7 heteroatoms. The van der Waals surface area contributed by atoms with Gasteiger partial charge in [0.1, 0.15) is 0 Å². The van der Waals surface area contributed by atoms with E-state index in [0.29, 0.717) is 25.4 Å². The second-order valence-corrected chi connectivity index (χ2v) is 9.24. The number of unbranched alkanes of at least 4 members (excludes halogenated alkanes) is 4. The average molecular weight is 364 g/mol. The molecule has 0 fully saturated rings. The Bertz CT molecular complexity index is 305. The topological polar surface area (TPSA) is 77.0 Å². The van der Waals surface area contributed by atoms with Crippen LogP contribution in [0.5, 0.6) is 0 Å². The number of carbonyl (C=O) groups excluding carboxylic acids is 1. The SMILES string of the molecule is CCCCCCCC(O)CCC(=O)NCCC[Si](OC)(OC)OC. The van der Waals surface area contributed by atoms with Crippen molar-refractivity contribution in [3.8, 4) is 0 Å². The fourth-order valence-corrected chi connectivity index (χ4v) is 4.32. The standard InChI is InChI=1S/C17H37NO5Si/c1-5-6-7-8-9-11-16(19)12-13-17(20)18-14-10-15-24(21-2,22-3)23-4/h16,19H,5-15H2,1-4H3,(H,18,20). The smallest absolute Gasteiger partial charge is 0.393 e. The van der Waals surface area contributed by atoms with E-state index in [0.717, 1.165) is 19.3 Å². The first-order valence-electron chi connectivity index (χ1n) is 9.13. The highest BCUT2D eigenvalue weighted by atomic mass is 28.4. The van der Waals surface area contributed by atoms with Gasteiger partial charge in [0, 0.05) is 40.3 Å². The lowest BCUT2D eigenvalue weighted by Crippen LogP contribution is -2.43. The number of nitrogens with one attached hydrogen (secondary N) is 1. The molecule has 144 valence electrons. The molecule has 6 nitrogen and oxygen atoms in total. The normalized spacial score (nSPS) is 13.0. The summed E-state index contributed by atoms with van der Waals surface area (Å²) in [5.74, 6) is -0.0143. The Morgan fingerprint density at radius 3 is 2.21 bits per heavy atom. The van der Waals surface area contributed by atoms with E-state index in [-0.39, 0.29) is 12.0 Å². The predicted molar refractivity (Wildman–Crippen MR) is 97.8 cm³/mol. The van der Waals surface area contributed by atoms with Gasteiger partial charge in [0.05, 0.1) is 6.10 Å². The second kappa shape index (κ2) is 14.8. The van der Waals surface area contributed by atoms with Gasteiger partial charge >= 0.3 is 8.80 Å². The first-order chi connectivity index (χ1) is 11.5. The zero-order valence-corrected chi connectivity index (χ0v) is 16.9. The Balaban J connectivity index is 3.68. The number of carbonyl (C=O) groups is 1. The Labute approximate surface area is 148 Å². The van der Waals surface area contributed by atoms with Crippen molar-refractivity contribution in [1.29, 1.82) is 0 Å². The Morgan fingerprint density at radius 1 is 1.00 bits per heavy atom. The van der Waals surface area contributed by atoms with Crippen molar-refractivity contribution in [2.24, 2.45) is 0 Å². The van der Waals surface area contributed by atoms with E-state index in [1.807, 2.05) is 0 Å². The molecule has 1 atom stereocenters. The monoisotopic (exact) mass is 363 g/mol. The van der Waals surface area contributed by atoms with Gasteiger partial charge in [0.2, 0.25) is 5.91 Å². The molecule has 0 radical (unpaired) electrons. The van der Waals surface area contributed by atoms with Crippen LogP contribution in [0, 0.1) is 0 Å². The van der Waals surface area contributed by atoms with Crippen molar-refractivity contribution >= 4 is 14.7 Å². The molecule has 0 saturated heterocycles. The first-order valence-corrected chi connectivity index (χ1v) is 11.1. The summed E-state index contributed by atoms with van der Waals surface area (Å²) >= 11 is 0. The Hall–Kier alpha value is -0.473. The summed E-state index contributed by atoms with van der Waals surface area (Å²) in [6.45, 7) is 2.76. The zero-order valence-electron chi connectivity index (χ0n) is 15.9. The molecular weight excluding hydrogens is 326 g/mol. The average Bonchev–Trinajstić information content (AvgIpc) is 2.60. The van der Waals surface area contributed by atoms with Gasteiger partial charge in [-0.05, 0) is 19.3 Å². The van der Waals surface area contributed by atoms with Crippen molar-refractivity contribution in [2.75, 3.05) is 27.9 Å². The number of hydrogen-bond donors (Lipinski definition) is 2. The Kier molecular flexibility index (Phi) is 14.5. The molecule has 0 aromatic heterocycles. The molecule has 1 amide bonds. The van der Waals surface area contributed by atoms with Gasteiger partial charge in [0.15, 0.2) is 0 Å². The quantitative estimate of drug-likeness (QED) is 0.326. The molecule has 0 aliphatic carbocycles. The summed E-state index contributed by atoms with van der Waals surface area (Å²) in [7, 11) is 2.21. The third-order valence-electron chi connectivity index (χ3n) is 4.26. The number of amides is 1. The lowest BCUT2D eigenvalue weighted by Gasteiger charge is -2.24. The number of hydrogen-bond acceptors (Lipinski definition) is 5. The summed E-state index contributed by atoms with van der Waals surface area (Å²) in [5, 5.41) is 12.8. The molecule has 0 spiro atoms. The highest BCUT2D eigenvalue weighted by molar-refractivity contribution is 6.60. The maximum absolute atomic E-state index is 11.8. The van der Waals surface area contributed by atoms with Crippen LogP contribution in [0.15, 0.2) is 0 Å². The highest BCUT2D eigenvalue weighted by Crippen LogP contribution is 2.14. The molecule has 0 aromatic rings. The van der Waals surface area contributed by atoms with Crippen LogP contribution in [0.3, 0.4) is 0 Å². The number of rotatable bonds is 16. The van der Waals surface area contributed by atoms with Gasteiger partial charge in [-0.15, -0.1) is 0 Å². The third kappa shape index (κ3) is 11.1. The van der Waals surface area contributed by atoms with Gasteiger partial charge in [-0.3, -0.25) is 4.79 Å². The van der Waals surface area contributed by atoms with Gasteiger partial charge in [0.25, 0.3) is 0 Å². The highest BCUT2D eigenvalue weighted by Gasteiger charge is 2.36. The van der Waals surface area contributed by atoms with E-state index in [2.05, 4.69) is 12.2 Å². The van der Waals surface area contributed by atoms with E-state index < -0.39 is 8.80 Å². The van der Waals surface area contributed by atoms with Crippen molar-refractivity contribution in [1.82, 2.24) is 5.32 Å². The third-order valence-corrected chi connectivity index (χ3v) is 7.09. The molecule has 1 unspecified atom stereocenters. The molecule has 0 bridgehead atoms. The van der Waals surface area contributed by atoms with Crippen LogP contribution in [0.25, 0.3) is 0 Å². The van der Waals surface area contributed by atoms with Gasteiger partial charge in [-0.25, -0.2) is 0 Å². The molecule has 0 saturated carbocycles. The minimum absolute atomic E-state index is 0.0143. The lowest BCUT2D eigenvalue weighted by molar-refractivity contribution is -0.121. The zero-order chi connectivity index (χ0) is 18.3. The molecule has 0 aliphatic rings. The van der Waals surface area contributed by atoms with E-state index in [4.69, 9.17) is 13.3 Å². The first kappa shape index (κ1) is 23.5. The maximum Gasteiger partial charge on any atom is 0.500 e. The molecular formula is C17H37NO5Si. The summed E-state index contributed by atoms with van der Waals surface area (Å²) < 4.78 is 16.0. The molecule has 2 N–H and O–H groups in total. The summed E-state index contributed by atoms with van der Waals surface area (Å²) in [6, 6.07) is 0.664. The van der Waals surface area contributed by atoms with Crippen molar-refractivity contribution < 1.29 is 23.2 Å². The van der Waals surface area contributed by atoms with Gasteiger partial charge in [-0.1, -0.05) is 39.0 Å². The lowest BCUT2D eigenvalue weighted by atomic mass is 10.0. The summed E-state index contributed by atoms with van der Waals surface area (Å²) in [6.07, 6.45) is 8.01. The van der Waals surface area contributed by atoms with Crippen LogP contribution in [0.2, 0.25) is 6.04 Å². The fraction of sp³-hybridized carbons (Fsp3) is 0.941. The van der Waals surface area contributed by atoms with E-state index in [9.17, 15) is 9.90 Å². The molecule has 24 heavy (non-hydrogen) atoms. The van der Waals surface area contributed by atoms with E-state index >= 15 is 0 Å². The largest absolute Gasteiger partial charge is 0.500 e. The van der Waals surface area contributed by atoms with Crippen LogP contribution >= 0.6 is 0 Å². The van der Waals surface area contributed by atoms with Gasteiger partial charge in [-0.2, -0.15) is 0 Å². The van der Waals surface area contributed by atoms with Crippen LogP contribution in [0.4, 0.5) is 0 Å².